The highest BCUT2D eigenvalue weighted by Gasteiger charge is 2.04. The third-order valence-corrected chi connectivity index (χ3v) is 1.90. The molecule has 0 radical (unpaired) electrons. The van der Waals surface area contributed by atoms with Crippen LogP contribution in [0.3, 0.4) is 0 Å². The molecule has 0 saturated carbocycles. The second kappa shape index (κ2) is 4.66. The molecule has 0 atom stereocenters. The molecule has 0 aromatic carbocycles. The molecule has 1 aromatic rings. The Labute approximate surface area is 77.1 Å². The number of aryl methyl sites for hydroxylation is 1. The van der Waals surface area contributed by atoms with Gasteiger partial charge in [0.05, 0.1) is 0 Å². The molecule has 74 valence electrons. The van der Waals surface area contributed by atoms with Crippen molar-refractivity contribution in [1.29, 1.82) is 0 Å². The summed E-state index contributed by atoms with van der Waals surface area (Å²) >= 11 is 0. The molecule has 6 nitrogen and oxygen atoms in total. The fourth-order valence-corrected chi connectivity index (χ4v) is 1.11. The van der Waals surface area contributed by atoms with Crippen LogP contribution in [0.15, 0.2) is 0 Å². The summed E-state index contributed by atoms with van der Waals surface area (Å²) in [5.41, 5.74) is 10.8. The van der Waals surface area contributed by atoms with Crippen molar-refractivity contribution in [2.75, 3.05) is 18.1 Å². The van der Waals surface area contributed by atoms with E-state index >= 15 is 0 Å². The number of hydrogen-bond acceptors (Lipinski definition) is 5. The normalized spacial score (nSPS) is 10.5. The molecule has 1 aromatic heterocycles. The van der Waals surface area contributed by atoms with Crippen LogP contribution in [0.5, 0.6) is 0 Å². The van der Waals surface area contributed by atoms with E-state index in [0.29, 0.717) is 0 Å². The van der Waals surface area contributed by atoms with Gasteiger partial charge < -0.3 is 17.3 Å². The van der Waals surface area contributed by atoms with Crippen molar-refractivity contribution in [2.45, 2.75) is 25.7 Å². The van der Waals surface area contributed by atoms with Crippen LogP contribution in [0.1, 0.15) is 25.1 Å². The second-order valence-corrected chi connectivity index (χ2v) is 2.94. The van der Waals surface area contributed by atoms with Gasteiger partial charge in [-0.15, -0.1) is 10.2 Å². The lowest BCUT2D eigenvalue weighted by Gasteiger charge is -2.00. The van der Waals surface area contributed by atoms with Crippen molar-refractivity contribution >= 4 is 5.95 Å². The van der Waals surface area contributed by atoms with Gasteiger partial charge in [-0.05, 0) is 19.4 Å². The maximum atomic E-state index is 5.56. The van der Waals surface area contributed by atoms with Crippen molar-refractivity contribution in [3.63, 3.8) is 0 Å². The van der Waals surface area contributed by atoms with Crippen molar-refractivity contribution in [1.82, 2.24) is 14.9 Å². The van der Waals surface area contributed by atoms with Crippen molar-refractivity contribution in [3.8, 4) is 0 Å². The minimum absolute atomic E-state index is 0.258. The van der Waals surface area contributed by atoms with E-state index in [-0.39, 0.29) is 5.95 Å². The molecule has 0 amide bonds. The van der Waals surface area contributed by atoms with Crippen LogP contribution >= 0.6 is 0 Å². The van der Waals surface area contributed by atoms with Gasteiger partial charge in [-0.2, -0.15) is 0 Å². The maximum Gasteiger partial charge on any atom is 0.240 e. The summed E-state index contributed by atoms with van der Waals surface area (Å²) < 4.78 is 1.32. The lowest BCUT2D eigenvalue weighted by molar-refractivity contribution is 0.658. The van der Waals surface area contributed by atoms with Crippen molar-refractivity contribution in [3.05, 3.63) is 5.82 Å². The van der Waals surface area contributed by atoms with Crippen LogP contribution < -0.4 is 17.3 Å². The molecule has 1 heterocycles. The van der Waals surface area contributed by atoms with Crippen LogP contribution in [-0.4, -0.2) is 21.4 Å². The maximum absolute atomic E-state index is 5.56. The standard InChI is InChI=1S/C7H16N6/c8-5-3-1-2-4-6-11-12-7(9)13(6)10/h1-5,8,10H2,(H2,9,12). The number of nitrogen functional groups attached to an aromatic ring is 2. The Morgan fingerprint density at radius 1 is 1.15 bits per heavy atom. The van der Waals surface area contributed by atoms with E-state index in [9.17, 15) is 0 Å². The minimum atomic E-state index is 0.258. The summed E-state index contributed by atoms with van der Waals surface area (Å²) in [7, 11) is 0. The summed E-state index contributed by atoms with van der Waals surface area (Å²) in [6.07, 6.45) is 3.95. The number of rotatable bonds is 5. The van der Waals surface area contributed by atoms with Crippen LogP contribution in [-0.2, 0) is 6.42 Å². The van der Waals surface area contributed by atoms with Crippen LogP contribution in [0, 0.1) is 0 Å². The Hall–Kier alpha value is -1.30. The molecule has 6 N–H and O–H groups in total. The zero-order valence-corrected chi connectivity index (χ0v) is 7.61. The first-order valence-corrected chi connectivity index (χ1v) is 4.40. The Morgan fingerprint density at radius 3 is 2.46 bits per heavy atom. The van der Waals surface area contributed by atoms with Crippen LogP contribution in [0.2, 0.25) is 0 Å². The van der Waals surface area contributed by atoms with E-state index in [1.807, 2.05) is 0 Å². The largest absolute Gasteiger partial charge is 0.366 e. The van der Waals surface area contributed by atoms with Gasteiger partial charge in [0, 0.05) is 6.42 Å². The fraction of sp³-hybridized carbons (Fsp3) is 0.714. The molecule has 6 heteroatoms. The van der Waals surface area contributed by atoms with E-state index in [0.717, 1.165) is 38.1 Å². The zero-order chi connectivity index (χ0) is 9.68. The van der Waals surface area contributed by atoms with E-state index in [1.54, 1.807) is 0 Å². The fourth-order valence-electron chi connectivity index (χ4n) is 1.11. The van der Waals surface area contributed by atoms with Crippen molar-refractivity contribution < 1.29 is 0 Å². The molecule has 0 aliphatic heterocycles. The molecule has 0 unspecified atom stereocenters. The number of anilines is 1. The number of nitrogens with two attached hydrogens (primary N) is 3. The number of nitrogens with zero attached hydrogens (tertiary/aromatic N) is 3. The SMILES string of the molecule is NCCCCCc1nnc(N)n1N. The van der Waals surface area contributed by atoms with E-state index in [2.05, 4.69) is 10.2 Å². The molecular formula is C7H16N6. The molecule has 0 aliphatic carbocycles. The average Bonchev–Trinajstić information content (AvgIpc) is 2.43. The van der Waals surface area contributed by atoms with Gasteiger partial charge in [0.25, 0.3) is 0 Å². The van der Waals surface area contributed by atoms with E-state index in [1.165, 1.54) is 4.68 Å². The first kappa shape index (κ1) is 9.79. The smallest absolute Gasteiger partial charge is 0.240 e. The number of unbranched alkanes of at least 4 members (excludes halogenated alkanes) is 2. The number of hydrogen-bond donors (Lipinski definition) is 3. The van der Waals surface area contributed by atoms with Gasteiger partial charge in [0.2, 0.25) is 5.95 Å². The summed E-state index contributed by atoms with van der Waals surface area (Å²) in [4.78, 5) is 0. The highest BCUT2D eigenvalue weighted by Crippen LogP contribution is 2.04. The highest BCUT2D eigenvalue weighted by molar-refractivity contribution is 5.16. The van der Waals surface area contributed by atoms with Gasteiger partial charge in [-0.1, -0.05) is 6.42 Å². The molecular weight excluding hydrogens is 168 g/mol. The highest BCUT2D eigenvalue weighted by atomic mass is 15.4. The summed E-state index contributed by atoms with van der Waals surface area (Å²) in [5, 5.41) is 7.50. The lowest BCUT2D eigenvalue weighted by atomic mass is 10.2. The third-order valence-electron chi connectivity index (χ3n) is 1.90. The molecule has 0 fully saturated rings. The van der Waals surface area contributed by atoms with Crippen LogP contribution in [0.4, 0.5) is 5.95 Å². The number of aromatic nitrogens is 3. The Kier molecular flexibility index (Phi) is 3.51. The minimum Gasteiger partial charge on any atom is -0.366 e. The summed E-state index contributed by atoms with van der Waals surface area (Å²) in [5.74, 6) is 6.55. The zero-order valence-electron chi connectivity index (χ0n) is 7.61. The Morgan fingerprint density at radius 2 is 1.92 bits per heavy atom. The topological polar surface area (TPSA) is 109 Å². The van der Waals surface area contributed by atoms with Gasteiger partial charge in [-0.3, -0.25) is 0 Å². The van der Waals surface area contributed by atoms with Gasteiger partial charge in [0.1, 0.15) is 0 Å². The Bertz CT molecular complexity index is 255. The second-order valence-electron chi connectivity index (χ2n) is 2.94. The predicted molar refractivity (Wildman–Crippen MR) is 51.2 cm³/mol. The van der Waals surface area contributed by atoms with E-state index in [4.69, 9.17) is 17.3 Å². The van der Waals surface area contributed by atoms with Gasteiger partial charge in [-0.25, -0.2) is 4.68 Å². The van der Waals surface area contributed by atoms with E-state index < -0.39 is 0 Å². The third kappa shape index (κ3) is 2.59. The lowest BCUT2D eigenvalue weighted by Crippen LogP contribution is -2.15. The first-order chi connectivity index (χ1) is 6.25. The molecule has 1 rings (SSSR count). The van der Waals surface area contributed by atoms with Gasteiger partial charge >= 0.3 is 0 Å². The first-order valence-electron chi connectivity index (χ1n) is 4.40. The molecule has 0 aliphatic rings. The predicted octanol–water partition coefficient (Wildman–Crippen LogP) is -0.754. The molecule has 0 bridgehead atoms. The van der Waals surface area contributed by atoms with Crippen molar-refractivity contribution in [2.24, 2.45) is 5.73 Å². The van der Waals surface area contributed by atoms with Crippen LogP contribution in [0.25, 0.3) is 0 Å². The summed E-state index contributed by atoms with van der Waals surface area (Å²) in [6, 6.07) is 0. The quantitative estimate of drug-likeness (QED) is 0.412. The molecule has 13 heavy (non-hydrogen) atoms. The van der Waals surface area contributed by atoms with Gasteiger partial charge in [0.15, 0.2) is 5.82 Å². The molecule has 0 spiro atoms. The monoisotopic (exact) mass is 184 g/mol. The summed E-state index contributed by atoms with van der Waals surface area (Å²) in [6.45, 7) is 0.734. The molecule has 0 saturated heterocycles. The Balaban J connectivity index is 2.32. The average molecular weight is 184 g/mol.